The molecule has 0 aliphatic heterocycles. The fourth-order valence-electron chi connectivity index (χ4n) is 2.53. The first-order chi connectivity index (χ1) is 12.1. The van der Waals surface area contributed by atoms with Gasteiger partial charge in [0, 0.05) is 5.54 Å². The maximum atomic E-state index is 13.1. The lowest BCUT2D eigenvalue weighted by Gasteiger charge is -2.23. The standard InChI is InChI=1S/C19H25FN4O2/c1-6-16-15(11-21-24(16)14-9-7-13(20)8-10-14)18(26)22-12(2)17(25)23-19(3,4)5/h7-12H,6H2,1-5H3,(H,22,26)(H,23,25). The molecule has 0 aliphatic carbocycles. The van der Waals surface area contributed by atoms with Gasteiger partial charge in [0.2, 0.25) is 5.91 Å². The van der Waals surface area contributed by atoms with Crippen molar-refractivity contribution in [3.63, 3.8) is 0 Å². The summed E-state index contributed by atoms with van der Waals surface area (Å²) in [7, 11) is 0. The van der Waals surface area contributed by atoms with Crippen LogP contribution in [-0.2, 0) is 11.2 Å². The molecule has 1 heterocycles. The normalized spacial score (nSPS) is 12.5. The van der Waals surface area contributed by atoms with Gasteiger partial charge < -0.3 is 10.6 Å². The Kier molecular flexibility index (Phi) is 5.79. The monoisotopic (exact) mass is 360 g/mol. The molecule has 2 amide bonds. The summed E-state index contributed by atoms with van der Waals surface area (Å²) in [5, 5.41) is 9.79. The van der Waals surface area contributed by atoms with Gasteiger partial charge in [0.05, 0.1) is 23.1 Å². The van der Waals surface area contributed by atoms with Gasteiger partial charge in [-0.3, -0.25) is 9.59 Å². The second-order valence-electron chi connectivity index (χ2n) is 7.18. The molecule has 0 aliphatic rings. The Labute approximate surface area is 152 Å². The predicted molar refractivity (Wildman–Crippen MR) is 97.7 cm³/mol. The maximum Gasteiger partial charge on any atom is 0.255 e. The summed E-state index contributed by atoms with van der Waals surface area (Å²) in [6.45, 7) is 9.17. The topological polar surface area (TPSA) is 76.0 Å². The lowest BCUT2D eigenvalue weighted by atomic mass is 10.1. The van der Waals surface area contributed by atoms with Gasteiger partial charge in [0.15, 0.2) is 0 Å². The van der Waals surface area contributed by atoms with E-state index in [9.17, 15) is 14.0 Å². The molecule has 0 fully saturated rings. The quantitative estimate of drug-likeness (QED) is 0.861. The van der Waals surface area contributed by atoms with E-state index in [4.69, 9.17) is 0 Å². The highest BCUT2D eigenvalue weighted by molar-refractivity contribution is 5.98. The third kappa shape index (κ3) is 4.68. The Balaban J connectivity index is 2.19. The molecule has 2 aromatic rings. The summed E-state index contributed by atoms with van der Waals surface area (Å²) in [6.07, 6.45) is 2.02. The fourth-order valence-corrected chi connectivity index (χ4v) is 2.53. The first-order valence-electron chi connectivity index (χ1n) is 8.58. The zero-order valence-electron chi connectivity index (χ0n) is 15.8. The Bertz CT molecular complexity index is 791. The smallest absolute Gasteiger partial charge is 0.255 e. The number of carbonyl (C=O) groups is 2. The molecule has 0 spiro atoms. The molecule has 140 valence electrons. The number of rotatable bonds is 5. The maximum absolute atomic E-state index is 13.1. The van der Waals surface area contributed by atoms with E-state index >= 15 is 0 Å². The third-order valence-corrected chi connectivity index (χ3v) is 3.76. The van der Waals surface area contributed by atoms with Crippen molar-refractivity contribution in [2.45, 2.75) is 52.6 Å². The Morgan fingerprint density at radius 1 is 1.23 bits per heavy atom. The van der Waals surface area contributed by atoms with Crippen molar-refractivity contribution in [1.82, 2.24) is 20.4 Å². The van der Waals surface area contributed by atoms with Crippen LogP contribution < -0.4 is 10.6 Å². The summed E-state index contributed by atoms with van der Waals surface area (Å²) < 4.78 is 14.7. The minimum atomic E-state index is -0.680. The molecule has 1 aromatic heterocycles. The molecule has 0 radical (unpaired) electrons. The minimum absolute atomic E-state index is 0.255. The van der Waals surface area contributed by atoms with Crippen LogP contribution in [0.2, 0.25) is 0 Å². The van der Waals surface area contributed by atoms with Gasteiger partial charge in [-0.05, 0) is 58.4 Å². The van der Waals surface area contributed by atoms with Gasteiger partial charge in [0.25, 0.3) is 5.91 Å². The van der Waals surface area contributed by atoms with Crippen LogP contribution in [0.4, 0.5) is 4.39 Å². The summed E-state index contributed by atoms with van der Waals surface area (Å²) in [5.41, 5.74) is 1.38. The van der Waals surface area contributed by atoms with Gasteiger partial charge in [-0.2, -0.15) is 5.10 Å². The summed E-state index contributed by atoms with van der Waals surface area (Å²) in [4.78, 5) is 24.8. The van der Waals surface area contributed by atoms with Crippen LogP contribution in [0.1, 0.15) is 50.7 Å². The highest BCUT2D eigenvalue weighted by Gasteiger charge is 2.23. The number of aromatic nitrogens is 2. The number of halogens is 1. The van der Waals surface area contributed by atoms with E-state index in [2.05, 4.69) is 15.7 Å². The van der Waals surface area contributed by atoms with Crippen molar-refractivity contribution in [3.8, 4) is 5.69 Å². The third-order valence-electron chi connectivity index (χ3n) is 3.76. The fraction of sp³-hybridized carbons (Fsp3) is 0.421. The number of benzene rings is 1. The Morgan fingerprint density at radius 2 is 1.85 bits per heavy atom. The zero-order chi connectivity index (χ0) is 19.5. The molecule has 6 nitrogen and oxygen atoms in total. The number of amides is 2. The average molecular weight is 360 g/mol. The molecule has 0 saturated heterocycles. The second kappa shape index (κ2) is 7.68. The molecule has 2 rings (SSSR count). The number of carbonyl (C=O) groups excluding carboxylic acids is 2. The molecular weight excluding hydrogens is 335 g/mol. The lowest BCUT2D eigenvalue weighted by molar-refractivity contribution is -0.124. The average Bonchev–Trinajstić information content (AvgIpc) is 2.97. The van der Waals surface area contributed by atoms with Crippen molar-refractivity contribution in [3.05, 3.63) is 47.5 Å². The van der Waals surface area contributed by atoms with E-state index in [1.165, 1.54) is 18.3 Å². The first-order valence-corrected chi connectivity index (χ1v) is 8.58. The lowest BCUT2D eigenvalue weighted by Crippen LogP contribution is -2.50. The van der Waals surface area contributed by atoms with E-state index in [1.54, 1.807) is 23.7 Å². The largest absolute Gasteiger partial charge is 0.350 e. The Morgan fingerprint density at radius 3 is 2.38 bits per heavy atom. The highest BCUT2D eigenvalue weighted by atomic mass is 19.1. The van der Waals surface area contributed by atoms with Gasteiger partial charge in [0.1, 0.15) is 11.9 Å². The van der Waals surface area contributed by atoms with E-state index < -0.39 is 6.04 Å². The number of nitrogens with zero attached hydrogens (tertiary/aromatic N) is 2. The van der Waals surface area contributed by atoms with Crippen LogP contribution in [-0.4, -0.2) is 33.2 Å². The van der Waals surface area contributed by atoms with E-state index in [0.29, 0.717) is 23.4 Å². The predicted octanol–water partition coefficient (Wildman–Crippen LogP) is 2.61. The van der Waals surface area contributed by atoms with Crippen LogP contribution >= 0.6 is 0 Å². The van der Waals surface area contributed by atoms with E-state index in [1.807, 2.05) is 27.7 Å². The highest BCUT2D eigenvalue weighted by Crippen LogP contribution is 2.16. The molecular formula is C19H25FN4O2. The van der Waals surface area contributed by atoms with Gasteiger partial charge in [-0.15, -0.1) is 0 Å². The zero-order valence-corrected chi connectivity index (χ0v) is 15.8. The SMILES string of the molecule is CCc1c(C(=O)NC(C)C(=O)NC(C)(C)C)cnn1-c1ccc(F)cc1. The van der Waals surface area contributed by atoms with E-state index in [-0.39, 0.29) is 23.2 Å². The minimum Gasteiger partial charge on any atom is -0.350 e. The van der Waals surface area contributed by atoms with Crippen LogP contribution in [0.15, 0.2) is 30.5 Å². The second-order valence-corrected chi connectivity index (χ2v) is 7.18. The molecule has 26 heavy (non-hydrogen) atoms. The molecule has 7 heteroatoms. The van der Waals surface area contributed by atoms with Crippen molar-refractivity contribution in [1.29, 1.82) is 0 Å². The van der Waals surface area contributed by atoms with Crippen LogP contribution in [0.25, 0.3) is 5.69 Å². The summed E-state index contributed by atoms with van der Waals surface area (Å²) in [6, 6.07) is 5.20. The van der Waals surface area contributed by atoms with Crippen molar-refractivity contribution < 1.29 is 14.0 Å². The summed E-state index contributed by atoms with van der Waals surface area (Å²) >= 11 is 0. The van der Waals surface area contributed by atoms with Crippen LogP contribution in [0.5, 0.6) is 0 Å². The van der Waals surface area contributed by atoms with Crippen molar-refractivity contribution in [2.75, 3.05) is 0 Å². The molecule has 0 bridgehead atoms. The molecule has 2 N–H and O–H groups in total. The molecule has 0 saturated carbocycles. The van der Waals surface area contributed by atoms with Crippen molar-refractivity contribution in [2.24, 2.45) is 0 Å². The summed E-state index contributed by atoms with van der Waals surface area (Å²) in [5.74, 6) is -0.961. The van der Waals surface area contributed by atoms with E-state index in [0.717, 1.165) is 0 Å². The van der Waals surface area contributed by atoms with Crippen LogP contribution in [0.3, 0.4) is 0 Å². The van der Waals surface area contributed by atoms with Crippen molar-refractivity contribution >= 4 is 11.8 Å². The Hall–Kier alpha value is -2.70. The first kappa shape index (κ1) is 19.6. The molecule has 1 unspecified atom stereocenters. The molecule has 1 atom stereocenters. The van der Waals surface area contributed by atoms with Crippen LogP contribution in [0, 0.1) is 5.82 Å². The molecule has 1 aromatic carbocycles. The number of hydrogen-bond donors (Lipinski definition) is 2. The number of nitrogens with one attached hydrogen (secondary N) is 2. The van der Waals surface area contributed by atoms with Gasteiger partial charge >= 0.3 is 0 Å². The van der Waals surface area contributed by atoms with Gasteiger partial charge in [-0.25, -0.2) is 9.07 Å². The van der Waals surface area contributed by atoms with Gasteiger partial charge in [-0.1, -0.05) is 6.92 Å². The number of hydrogen-bond acceptors (Lipinski definition) is 3.